The Balaban J connectivity index is 1.81. The summed E-state index contributed by atoms with van der Waals surface area (Å²) in [5.74, 6) is 2.81. The van der Waals surface area contributed by atoms with Gasteiger partial charge in [-0.1, -0.05) is 19.4 Å². The first-order chi connectivity index (χ1) is 8.78. The number of hydrogen-bond donors (Lipinski definition) is 1. The summed E-state index contributed by atoms with van der Waals surface area (Å²) in [6.45, 7) is 5.32. The van der Waals surface area contributed by atoms with Crippen LogP contribution in [0.4, 0.5) is 0 Å². The summed E-state index contributed by atoms with van der Waals surface area (Å²) in [5, 5.41) is 3.71. The molecule has 2 bridgehead atoms. The van der Waals surface area contributed by atoms with Crippen molar-refractivity contribution in [3.8, 4) is 0 Å². The Hall–Kier alpha value is -0.890. The highest BCUT2D eigenvalue weighted by Crippen LogP contribution is 2.52. The largest absolute Gasteiger partial charge is 0.310 e. The second-order valence-corrected chi connectivity index (χ2v) is 6.11. The quantitative estimate of drug-likeness (QED) is 0.877. The van der Waals surface area contributed by atoms with Crippen LogP contribution in [0.15, 0.2) is 18.3 Å². The van der Waals surface area contributed by atoms with Gasteiger partial charge in [0.25, 0.3) is 0 Å². The topological polar surface area (TPSA) is 24.9 Å². The maximum Gasteiger partial charge on any atom is 0.0372 e. The van der Waals surface area contributed by atoms with Gasteiger partial charge in [-0.25, -0.2) is 0 Å². The average Bonchev–Trinajstić information content (AvgIpc) is 2.99. The molecule has 2 fully saturated rings. The Bertz CT molecular complexity index is 398. The van der Waals surface area contributed by atoms with Crippen LogP contribution in [-0.4, -0.2) is 11.5 Å². The molecule has 1 aromatic heterocycles. The zero-order chi connectivity index (χ0) is 12.5. The smallest absolute Gasteiger partial charge is 0.0372 e. The van der Waals surface area contributed by atoms with E-state index in [1.165, 1.54) is 31.2 Å². The SMILES string of the molecule is CCNC(c1ccc(C)nc1)C1CC2CCC1C2. The predicted octanol–water partition coefficient (Wildman–Crippen LogP) is 3.48. The highest BCUT2D eigenvalue weighted by atomic mass is 14.9. The van der Waals surface area contributed by atoms with Gasteiger partial charge in [-0.05, 0) is 62.1 Å². The molecule has 0 amide bonds. The van der Waals surface area contributed by atoms with E-state index in [1.54, 1.807) is 0 Å². The number of nitrogens with one attached hydrogen (secondary N) is 1. The van der Waals surface area contributed by atoms with Crippen molar-refractivity contribution in [2.75, 3.05) is 6.54 Å². The molecule has 0 spiro atoms. The Morgan fingerprint density at radius 2 is 2.22 bits per heavy atom. The molecule has 4 atom stereocenters. The summed E-state index contributed by atoms with van der Waals surface area (Å²) in [6.07, 6.45) is 7.92. The zero-order valence-electron chi connectivity index (χ0n) is 11.5. The summed E-state index contributed by atoms with van der Waals surface area (Å²) in [4.78, 5) is 4.48. The first-order valence-electron chi connectivity index (χ1n) is 7.44. The number of hydrogen-bond acceptors (Lipinski definition) is 2. The van der Waals surface area contributed by atoms with Crippen LogP contribution in [0.25, 0.3) is 0 Å². The third-order valence-corrected chi connectivity index (χ3v) is 4.94. The second-order valence-electron chi connectivity index (χ2n) is 6.11. The van der Waals surface area contributed by atoms with Crippen LogP contribution in [0.1, 0.15) is 49.9 Å². The molecule has 0 saturated heterocycles. The molecule has 2 nitrogen and oxygen atoms in total. The average molecular weight is 244 g/mol. The lowest BCUT2D eigenvalue weighted by Gasteiger charge is -2.31. The van der Waals surface area contributed by atoms with Crippen LogP contribution >= 0.6 is 0 Å². The second kappa shape index (κ2) is 5.00. The molecule has 1 aromatic rings. The van der Waals surface area contributed by atoms with Crippen LogP contribution in [0.2, 0.25) is 0 Å². The molecular weight excluding hydrogens is 220 g/mol. The lowest BCUT2D eigenvalue weighted by molar-refractivity contribution is 0.252. The molecular formula is C16H24N2. The van der Waals surface area contributed by atoms with Crippen molar-refractivity contribution in [2.24, 2.45) is 17.8 Å². The van der Waals surface area contributed by atoms with Gasteiger partial charge in [-0.2, -0.15) is 0 Å². The van der Waals surface area contributed by atoms with Crippen LogP contribution in [0, 0.1) is 24.7 Å². The molecule has 1 heterocycles. The Morgan fingerprint density at radius 3 is 2.78 bits per heavy atom. The zero-order valence-corrected chi connectivity index (χ0v) is 11.5. The molecule has 2 saturated carbocycles. The standard InChI is InChI=1S/C16H24N2/c1-3-17-16(14-6-4-11(2)18-10-14)15-9-12-5-7-13(15)8-12/h4,6,10,12-13,15-17H,3,5,7-9H2,1-2H3. The summed E-state index contributed by atoms with van der Waals surface area (Å²) in [6, 6.07) is 4.94. The van der Waals surface area contributed by atoms with Crippen molar-refractivity contribution in [1.82, 2.24) is 10.3 Å². The lowest BCUT2D eigenvalue weighted by atomic mass is 9.81. The Kier molecular flexibility index (Phi) is 3.38. The Morgan fingerprint density at radius 1 is 1.33 bits per heavy atom. The predicted molar refractivity (Wildman–Crippen MR) is 74.3 cm³/mol. The van der Waals surface area contributed by atoms with E-state index in [4.69, 9.17) is 0 Å². The van der Waals surface area contributed by atoms with E-state index in [1.807, 2.05) is 0 Å². The van der Waals surface area contributed by atoms with Crippen LogP contribution in [-0.2, 0) is 0 Å². The van der Waals surface area contributed by atoms with Gasteiger partial charge in [0.2, 0.25) is 0 Å². The fourth-order valence-corrected chi connectivity index (χ4v) is 4.10. The van der Waals surface area contributed by atoms with Crippen molar-refractivity contribution in [1.29, 1.82) is 0 Å². The van der Waals surface area contributed by atoms with Gasteiger partial charge in [-0.3, -0.25) is 4.98 Å². The maximum atomic E-state index is 4.48. The molecule has 2 aliphatic carbocycles. The summed E-state index contributed by atoms with van der Waals surface area (Å²) in [5.41, 5.74) is 2.50. The van der Waals surface area contributed by atoms with E-state index < -0.39 is 0 Å². The van der Waals surface area contributed by atoms with Gasteiger partial charge in [0.05, 0.1) is 0 Å². The molecule has 0 aromatic carbocycles. The van der Waals surface area contributed by atoms with Crippen molar-refractivity contribution >= 4 is 0 Å². The third-order valence-electron chi connectivity index (χ3n) is 4.94. The van der Waals surface area contributed by atoms with Crippen LogP contribution < -0.4 is 5.32 Å². The van der Waals surface area contributed by atoms with Crippen molar-refractivity contribution < 1.29 is 0 Å². The monoisotopic (exact) mass is 244 g/mol. The van der Waals surface area contributed by atoms with Gasteiger partial charge in [0, 0.05) is 17.9 Å². The Labute approximate surface area is 110 Å². The highest BCUT2D eigenvalue weighted by Gasteiger charge is 2.43. The molecule has 3 rings (SSSR count). The molecule has 2 heteroatoms. The lowest BCUT2D eigenvalue weighted by Crippen LogP contribution is -2.31. The van der Waals surface area contributed by atoms with Crippen molar-refractivity contribution in [3.05, 3.63) is 29.6 Å². The fourth-order valence-electron chi connectivity index (χ4n) is 4.10. The molecule has 4 unspecified atom stereocenters. The molecule has 0 radical (unpaired) electrons. The van der Waals surface area contributed by atoms with E-state index in [-0.39, 0.29) is 0 Å². The molecule has 98 valence electrons. The number of rotatable bonds is 4. The first-order valence-corrected chi connectivity index (χ1v) is 7.44. The number of fused-ring (bicyclic) bond motifs is 2. The van der Waals surface area contributed by atoms with Gasteiger partial charge in [0.15, 0.2) is 0 Å². The third kappa shape index (κ3) is 2.18. The number of aryl methyl sites for hydroxylation is 1. The molecule has 1 N–H and O–H groups in total. The minimum atomic E-state index is 0.526. The van der Waals surface area contributed by atoms with E-state index in [0.717, 1.165) is 30.0 Å². The van der Waals surface area contributed by atoms with Crippen molar-refractivity contribution in [2.45, 2.75) is 45.6 Å². The summed E-state index contributed by atoms with van der Waals surface area (Å²) < 4.78 is 0. The van der Waals surface area contributed by atoms with Crippen LogP contribution in [0.3, 0.4) is 0 Å². The van der Waals surface area contributed by atoms with E-state index >= 15 is 0 Å². The van der Waals surface area contributed by atoms with Gasteiger partial charge in [-0.15, -0.1) is 0 Å². The normalized spacial score (nSPS) is 31.8. The number of aromatic nitrogens is 1. The first kappa shape index (κ1) is 12.2. The number of nitrogens with zero attached hydrogens (tertiary/aromatic N) is 1. The van der Waals surface area contributed by atoms with Crippen molar-refractivity contribution in [3.63, 3.8) is 0 Å². The fraction of sp³-hybridized carbons (Fsp3) is 0.688. The van der Waals surface area contributed by atoms with E-state index in [2.05, 4.69) is 42.5 Å². The minimum Gasteiger partial charge on any atom is -0.310 e. The number of pyridine rings is 1. The van der Waals surface area contributed by atoms with Gasteiger partial charge in [0.1, 0.15) is 0 Å². The van der Waals surface area contributed by atoms with Crippen LogP contribution in [0.5, 0.6) is 0 Å². The van der Waals surface area contributed by atoms with E-state index in [0.29, 0.717) is 6.04 Å². The summed E-state index contributed by atoms with van der Waals surface area (Å²) in [7, 11) is 0. The van der Waals surface area contributed by atoms with Gasteiger partial charge < -0.3 is 5.32 Å². The summed E-state index contributed by atoms with van der Waals surface area (Å²) >= 11 is 0. The van der Waals surface area contributed by atoms with Gasteiger partial charge >= 0.3 is 0 Å². The molecule has 0 aliphatic heterocycles. The highest BCUT2D eigenvalue weighted by molar-refractivity contribution is 5.19. The minimum absolute atomic E-state index is 0.526. The molecule has 18 heavy (non-hydrogen) atoms. The molecule has 2 aliphatic rings. The maximum absolute atomic E-state index is 4.48. The van der Waals surface area contributed by atoms with E-state index in [9.17, 15) is 0 Å².